The lowest BCUT2D eigenvalue weighted by atomic mass is 9.96. The average molecular weight is 270 g/mol. The minimum Gasteiger partial charge on any atom is -0.0955 e. The molecule has 0 saturated heterocycles. The molecule has 2 unspecified atom stereocenters. The fourth-order valence-electron chi connectivity index (χ4n) is 2.28. The van der Waals surface area contributed by atoms with Gasteiger partial charge in [-0.05, 0) is 40.7 Å². The van der Waals surface area contributed by atoms with E-state index >= 15 is 0 Å². The third kappa shape index (κ3) is 4.37. The Morgan fingerprint density at radius 2 is 1.85 bits per heavy atom. The number of hydrogen-bond donors (Lipinski definition) is 0. The van der Waals surface area contributed by atoms with Gasteiger partial charge in [0, 0.05) is 0 Å². The summed E-state index contributed by atoms with van der Waals surface area (Å²) in [7, 11) is 0. The highest BCUT2D eigenvalue weighted by atomic mass is 14.1. The first kappa shape index (κ1) is 16.8. The summed E-state index contributed by atoms with van der Waals surface area (Å²) >= 11 is 0. The zero-order valence-corrected chi connectivity index (χ0v) is 13.9. The first-order valence-electron chi connectivity index (χ1n) is 8.03. The normalized spacial score (nSPS) is 16.2. The molecule has 1 aromatic rings. The molecule has 110 valence electrons. The van der Waals surface area contributed by atoms with Crippen LogP contribution in [0.5, 0.6) is 0 Å². The maximum absolute atomic E-state index is 4.27. The second kappa shape index (κ2) is 8.09. The summed E-state index contributed by atoms with van der Waals surface area (Å²) in [4.78, 5) is 0. The largest absolute Gasteiger partial charge is 0.0955 e. The zero-order chi connectivity index (χ0) is 15.1. The summed E-state index contributed by atoms with van der Waals surface area (Å²) in [6, 6.07) is 6.65. The van der Waals surface area contributed by atoms with Crippen LogP contribution >= 0.6 is 0 Å². The van der Waals surface area contributed by atoms with Crippen LogP contribution < -0.4 is 10.4 Å². The van der Waals surface area contributed by atoms with E-state index in [0.29, 0.717) is 11.8 Å². The van der Waals surface area contributed by atoms with Gasteiger partial charge in [0.1, 0.15) is 0 Å². The van der Waals surface area contributed by atoms with Crippen LogP contribution in [0.15, 0.2) is 30.4 Å². The van der Waals surface area contributed by atoms with Crippen LogP contribution in [-0.2, 0) is 6.42 Å². The fraction of sp³-hybridized carbons (Fsp3) is 0.500. The molecule has 0 aromatic heterocycles. The van der Waals surface area contributed by atoms with E-state index in [4.69, 9.17) is 0 Å². The molecule has 0 radical (unpaired) electrons. The van der Waals surface area contributed by atoms with Gasteiger partial charge in [0.2, 0.25) is 0 Å². The molecule has 0 aliphatic heterocycles. The minimum atomic E-state index is 0.552. The molecule has 0 amide bonds. The Hall–Kier alpha value is -1.30. The maximum atomic E-state index is 4.27. The van der Waals surface area contributed by atoms with E-state index in [9.17, 15) is 0 Å². The fourth-order valence-corrected chi connectivity index (χ4v) is 2.28. The van der Waals surface area contributed by atoms with Crippen molar-refractivity contribution in [2.45, 2.75) is 53.9 Å². The summed E-state index contributed by atoms with van der Waals surface area (Å²) in [6.45, 7) is 15.5. The lowest BCUT2D eigenvalue weighted by Crippen LogP contribution is -2.29. The van der Waals surface area contributed by atoms with E-state index in [0.717, 1.165) is 12.8 Å². The van der Waals surface area contributed by atoms with E-state index in [1.54, 1.807) is 0 Å². The highest BCUT2D eigenvalue weighted by Gasteiger charge is 2.03. The van der Waals surface area contributed by atoms with Crippen LogP contribution in [0.25, 0.3) is 12.2 Å². The Balaban J connectivity index is 3.45. The lowest BCUT2D eigenvalue weighted by Gasteiger charge is -2.09. The van der Waals surface area contributed by atoms with Crippen LogP contribution in [-0.4, -0.2) is 0 Å². The van der Waals surface area contributed by atoms with Crippen molar-refractivity contribution in [3.05, 3.63) is 46.4 Å². The van der Waals surface area contributed by atoms with Gasteiger partial charge in [-0.25, -0.2) is 0 Å². The van der Waals surface area contributed by atoms with Crippen LogP contribution in [0.3, 0.4) is 0 Å². The standard InChI is InChI=1S/C20H30/c1-7-15(4)13-19-12-10-11-18(9-3)20(19)14-17(6)16(5)8-2/h10-16H,6-9H2,1-5H3/b19-13-,20-14-. The molecule has 0 nitrogen and oxygen atoms in total. The molecule has 0 bridgehead atoms. The van der Waals surface area contributed by atoms with Gasteiger partial charge < -0.3 is 0 Å². The van der Waals surface area contributed by atoms with Crippen molar-refractivity contribution in [3.8, 4) is 0 Å². The molecule has 1 aromatic carbocycles. The zero-order valence-electron chi connectivity index (χ0n) is 13.9. The summed E-state index contributed by atoms with van der Waals surface area (Å²) in [5.74, 6) is 1.17. The molecule has 0 heterocycles. The smallest absolute Gasteiger partial charge is 0.0152 e. The number of rotatable bonds is 6. The number of allylic oxidation sites excluding steroid dienone is 1. The van der Waals surface area contributed by atoms with Gasteiger partial charge in [-0.2, -0.15) is 0 Å². The average Bonchev–Trinajstić information content (AvgIpc) is 2.47. The Morgan fingerprint density at radius 1 is 1.15 bits per heavy atom. The van der Waals surface area contributed by atoms with E-state index in [1.165, 1.54) is 28.0 Å². The molecular weight excluding hydrogens is 240 g/mol. The molecule has 0 N–H and O–H groups in total. The highest BCUT2D eigenvalue weighted by Crippen LogP contribution is 2.13. The van der Waals surface area contributed by atoms with Gasteiger partial charge in [-0.3, -0.25) is 0 Å². The van der Waals surface area contributed by atoms with Gasteiger partial charge in [0.05, 0.1) is 0 Å². The monoisotopic (exact) mass is 270 g/mol. The maximum Gasteiger partial charge on any atom is -0.0152 e. The molecular formula is C20H30. The minimum absolute atomic E-state index is 0.552. The Kier molecular flexibility index (Phi) is 6.78. The first-order chi connectivity index (χ1) is 9.53. The van der Waals surface area contributed by atoms with Crippen LogP contribution in [0.4, 0.5) is 0 Å². The van der Waals surface area contributed by atoms with Crippen LogP contribution in [0.1, 0.15) is 53.0 Å². The van der Waals surface area contributed by atoms with Crippen molar-refractivity contribution in [2.75, 3.05) is 0 Å². The van der Waals surface area contributed by atoms with E-state index in [2.05, 4.69) is 71.5 Å². The van der Waals surface area contributed by atoms with Crippen molar-refractivity contribution < 1.29 is 0 Å². The van der Waals surface area contributed by atoms with Crippen molar-refractivity contribution in [1.29, 1.82) is 0 Å². The first-order valence-corrected chi connectivity index (χ1v) is 8.03. The predicted octanol–water partition coefficient (Wildman–Crippen LogP) is 4.46. The molecule has 0 saturated carbocycles. The second-order valence-electron chi connectivity index (χ2n) is 5.85. The number of hydrogen-bond acceptors (Lipinski definition) is 0. The Labute approximate surface area is 124 Å². The second-order valence-corrected chi connectivity index (χ2v) is 5.85. The predicted molar refractivity (Wildman–Crippen MR) is 92.1 cm³/mol. The lowest BCUT2D eigenvalue weighted by molar-refractivity contribution is 0.679. The van der Waals surface area contributed by atoms with E-state index in [-0.39, 0.29) is 0 Å². The molecule has 0 spiro atoms. The third-order valence-corrected chi connectivity index (χ3v) is 4.29. The quantitative estimate of drug-likeness (QED) is 0.716. The van der Waals surface area contributed by atoms with Crippen molar-refractivity contribution in [1.82, 2.24) is 0 Å². The van der Waals surface area contributed by atoms with E-state index < -0.39 is 0 Å². The van der Waals surface area contributed by atoms with Gasteiger partial charge >= 0.3 is 0 Å². The molecule has 0 aliphatic carbocycles. The highest BCUT2D eigenvalue weighted by molar-refractivity contribution is 5.49. The van der Waals surface area contributed by atoms with Gasteiger partial charge in [-0.15, -0.1) is 0 Å². The van der Waals surface area contributed by atoms with Crippen molar-refractivity contribution in [2.24, 2.45) is 11.8 Å². The summed E-state index contributed by atoms with van der Waals surface area (Å²) < 4.78 is 0. The SMILES string of the molecule is C=C(/C=c1/c(CC)ccc/c1=C/C(C)CC)C(C)CC. The number of aryl methyl sites for hydroxylation is 1. The van der Waals surface area contributed by atoms with Gasteiger partial charge in [-0.1, -0.05) is 83.5 Å². The third-order valence-electron chi connectivity index (χ3n) is 4.29. The van der Waals surface area contributed by atoms with E-state index in [1.807, 2.05) is 0 Å². The van der Waals surface area contributed by atoms with Crippen molar-refractivity contribution >= 4 is 12.2 Å². The van der Waals surface area contributed by atoms with Gasteiger partial charge in [0.25, 0.3) is 0 Å². The summed E-state index contributed by atoms with van der Waals surface area (Å²) in [5.41, 5.74) is 2.67. The molecule has 2 atom stereocenters. The molecule has 0 fully saturated rings. The topological polar surface area (TPSA) is 0 Å². The van der Waals surface area contributed by atoms with Crippen LogP contribution in [0.2, 0.25) is 0 Å². The molecule has 20 heavy (non-hydrogen) atoms. The molecule has 1 rings (SSSR count). The van der Waals surface area contributed by atoms with Gasteiger partial charge in [0.15, 0.2) is 0 Å². The van der Waals surface area contributed by atoms with Crippen molar-refractivity contribution in [3.63, 3.8) is 0 Å². The molecule has 0 heteroatoms. The Bertz CT molecular complexity index is 548. The number of benzene rings is 1. The Morgan fingerprint density at radius 3 is 2.40 bits per heavy atom. The van der Waals surface area contributed by atoms with Crippen LogP contribution in [0, 0.1) is 11.8 Å². The summed E-state index contributed by atoms with van der Waals surface area (Å²) in [5, 5.41) is 2.74. The summed E-state index contributed by atoms with van der Waals surface area (Å²) in [6.07, 6.45) is 8.11. The molecule has 0 aliphatic rings.